The molecule has 0 aliphatic heterocycles. The Kier molecular flexibility index (Phi) is 4.90. The van der Waals surface area contributed by atoms with E-state index in [1.54, 1.807) is 6.92 Å². The van der Waals surface area contributed by atoms with Crippen LogP contribution in [-0.4, -0.2) is 36.1 Å². The first-order valence-electron chi connectivity index (χ1n) is 4.39. The van der Waals surface area contributed by atoms with Crippen LogP contribution in [0.5, 0.6) is 0 Å². The summed E-state index contributed by atoms with van der Waals surface area (Å²) in [7, 11) is 0. The van der Waals surface area contributed by atoms with Gasteiger partial charge in [-0.2, -0.15) is 13.2 Å². The quantitative estimate of drug-likeness (QED) is 0.759. The fourth-order valence-corrected chi connectivity index (χ4v) is 1.04. The lowest BCUT2D eigenvalue weighted by Crippen LogP contribution is -2.46. The molecular formula is C8H15F3N2O. The van der Waals surface area contributed by atoms with Gasteiger partial charge in [-0.1, -0.05) is 6.92 Å². The molecular weight excluding hydrogens is 197 g/mol. The Morgan fingerprint density at radius 1 is 1.50 bits per heavy atom. The lowest BCUT2D eigenvalue weighted by molar-refractivity contribution is -0.161. The second-order valence-corrected chi connectivity index (χ2v) is 3.16. The van der Waals surface area contributed by atoms with E-state index in [0.29, 0.717) is 6.42 Å². The summed E-state index contributed by atoms with van der Waals surface area (Å²) in [5.41, 5.74) is 5.23. The lowest BCUT2D eigenvalue weighted by Gasteiger charge is -2.24. The van der Waals surface area contributed by atoms with Crippen LogP contribution in [0.25, 0.3) is 0 Å². The van der Waals surface area contributed by atoms with Crippen molar-refractivity contribution < 1.29 is 18.0 Å². The third-order valence-electron chi connectivity index (χ3n) is 1.56. The Balaban J connectivity index is 4.36. The molecule has 0 aliphatic rings. The molecule has 0 rings (SSSR count). The van der Waals surface area contributed by atoms with Gasteiger partial charge >= 0.3 is 6.18 Å². The molecule has 0 radical (unpaired) electrons. The van der Waals surface area contributed by atoms with Crippen molar-refractivity contribution in [3.8, 4) is 0 Å². The average molecular weight is 212 g/mol. The Morgan fingerprint density at radius 2 is 2.00 bits per heavy atom. The highest BCUT2D eigenvalue weighted by Crippen LogP contribution is 2.17. The van der Waals surface area contributed by atoms with E-state index >= 15 is 0 Å². The van der Waals surface area contributed by atoms with E-state index in [9.17, 15) is 18.0 Å². The third-order valence-corrected chi connectivity index (χ3v) is 1.56. The van der Waals surface area contributed by atoms with Gasteiger partial charge in [0.05, 0.1) is 6.04 Å². The molecule has 0 saturated carbocycles. The molecule has 0 aromatic carbocycles. The normalized spacial score (nSPS) is 13.9. The minimum Gasteiger partial charge on any atom is -0.332 e. The summed E-state index contributed by atoms with van der Waals surface area (Å²) in [6.45, 7) is 1.94. The van der Waals surface area contributed by atoms with Gasteiger partial charge in [0.1, 0.15) is 6.54 Å². The molecule has 0 fully saturated rings. The number of halogens is 3. The van der Waals surface area contributed by atoms with Crippen LogP contribution >= 0.6 is 0 Å². The fourth-order valence-electron chi connectivity index (χ4n) is 1.04. The average Bonchev–Trinajstić information content (AvgIpc) is 1.99. The van der Waals surface area contributed by atoms with Crippen LogP contribution in [0.2, 0.25) is 0 Å². The van der Waals surface area contributed by atoms with Gasteiger partial charge in [0, 0.05) is 6.54 Å². The van der Waals surface area contributed by atoms with Crippen LogP contribution in [-0.2, 0) is 4.79 Å². The van der Waals surface area contributed by atoms with Crippen LogP contribution in [0.4, 0.5) is 13.2 Å². The van der Waals surface area contributed by atoms with Gasteiger partial charge in [0.2, 0.25) is 5.91 Å². The zero-order valence-corrected chi connectivity index (χ0v) is 8.27. The molecule has 0 aliphatic carbocycles. The van der Waals surface area contributed by atoms with Crippen LogP contribution in [0, 0.1) is 0 Å². The number of alkyl halides is 3. The number of hydrogen-bond donors (Lipinski definition) is 1. The number of hydrogen-bond acceptors (Lipinski definition) is 2. The van der Waals surface area contributed by atoms with Crippen molar-refractivity contribution in [1.29, 1.82) is 0 Å². The monoisotopic (exact) mass is 212 g/mol. The van der Waals surface area contributed by atoms with Gasteiger partial charge in [-0.3, -0.25) is 4.79 Å². The molecule has 14 heavy (non-hydrogen) atoms. The SMILES string of the molecule is CCCN(CC(F)(F)F)C(=O)[C@H](C)N. The summed E-state index contributed by atoms with van der Waals surface area (Å²) in [5, 5.41) is 0. The molecule has 0 saturated heterocycles. The molecule has 84 valence electrons. The zero-order chi connectivity index (χ0) is 11.4. The molecule has 0 bridgehead atoms. The van der Waals surface area contributed by atoms with Crippen molar-refractivity contribution in [2.75, 3.05) is 13.1 Å². The highest BCUT2D eigenvalue weighted by atomic mass is 19.4. The summed E-state index contributed by atoms with van der Waals surface area (Å²) in [6.07, 6.45) is -3.88. The largest absolute Gasteiger partial charge is 0.406 e. The number of carbonyl (C=O) groups excluding carboxylic acids is 1. The van der Waals surface area contributed by atoms with E-state index < -0.39 is 24.7 Å². The first-order chi connectivity index (χ1) is 6.28. The van der Waals surface area contributed by atoms with Crippen molar-refractivity contribution in [2.45, 2.75) is 32.5 Å². The topological polar surface area (TPSA) is 46.3 Å². The maximum absolute atomic E-state index is 12.0. The van der Waals surface area contributed by atoms with Crippen molar-refractivity contribution in [1.82, 2.24) is 4.90 Å². The van der Waals surface area contributed by atoms with Gasteiger partial charge < -0.3 is 10.6 Å². The fraction of sp³-hybridized carbons (Fsp3) is 0.875. The highest BCUT2D eigenvalue weighted by molar-refractivity contribution is 5.81. The lowest BCUT2D eigenvalue weighted by atomic mass is 10.3. The van der Waals surface area contributed by atoms with Gasteiger partial charge in [0.25, 0.3) is 0 Å². The minimum absolute atomic E-state index is 0.0832. The van der Waals surface area contributed by atoms with Crippen LogP contribution < -0.4 is 5.73 Å². The first kappa shape index (κ1) is 13.2. The predicted octanol–water partition coefficient (Wildman–Crippen LogP) is 1.13. The van der Waals surface area contributed by atoms with Gasteiger partial charge in [-0.25, -0.2) is 0 Å². The number of rotatable bonds is 4. The Labute approximate surface area is 81.1 Å². The van der Waals surface area contributed by atoms with Crippen molar-refractivity contribution in [2.24, 2.45) is 5.73 Å². The van der Waals surface area contributed by atoms with Gasteiger partial charge in [0.15, 0.2) is 0 Å². The molecule has 0 spiro atoms. The number of nitrogens with zero attached hydrogens (tertiary/aromatic N) is 1. The Bertz CT molecular complexity index is 192. The van der Waals surface area contributed by atoms with Crippen LogP contribution in [0.1, 0.15) is 20.3 Å². The Morgan fingerprint density at radius 3 is 2.29 bits per heavy atom. The molecule has 3 nitrogen and oxygen atoms in total. The summed E-state index contributed by atoms with van der Waals surface area (Å²) < 4.78 is 36.1. The molecule has 0 aromatic rings. The first-order valence-corrected chi connectivity index (χ1v) is 4.39. The molecule has 0 heterocycles. The van der Waals surface area contributed by atoms with Crippen molar-refractivity contribution in [3.05, 3.63) is 0 Å². The summed E-state index contributed by atoms with van der Waals surface area (Å²) >= 11 is 0. The predicted molar refractivity (Wildman–Crippen MR) is 46.6 cm³/mol. The second kappa shape index (κ2) is 5.19. The van der Waals surface area contributed by atoms with Crippen molar-refractivity contribution >= 4 is 5.91 Å². The van der Waals surface area contributed by atoms with Gasteiger partial charge in [-0.15, -0.1) is 0 Å². The smallest absolute Gasteiger partial charge is 0.332 e. The van der Waals surface area contributed by atoms with E-state index in [0.717, 1.165) is 4.90 Å². The van der Waals surface area contributed by atoms with Crippen LogP contribution in [0.3, 0.4) is 0 Å². The number of carbonyl (C=O) groups is 1. The van der Waals surface area contributed by atoms with E-state index in [-0.39, 0.29) is 6.54 Å². The molecule has 1 amide bonds. The Hall–Kier alpha value is -0.780. The molecule has 0 aromatic heterocycles. The summed E-state index contributed by atoms with van der Waals surface area (Å²) in [6, 6.07) is -0.885. The highest BCUT2D eigenvalue weighted by Gasteiger charge is 2.33. The minimum atomic E-state index is -4.36. The maximum Gasteiger partial charge on any atom is 0.406 e. The van der Waals surface area contributed by atoms with E-state index in [1.807, 2.05) is 0 Å². The number of amides is 1. The summed E-state index contributed by atoms with van der Waals surface area (Å²) in [4.78, 5) is 12.0. The molecule has 2 N–H and O–H groups in total. The van der Waals surface area contributed by atoms with Crippen molar-refractivity contribution in [3.63, 3.8) is 0 Å². The van der Waals surface area contributed by atoms with E-state index in [1.165, 1.54) is 6.92 Å². The molecule has 1 atom stereocenters. The van der Waals surface area contributed by atoms with E-state index in [2.05, 4.69) is 0 Å². The standard InChI is InChI=1S/C8H15F3N2O/c1-3-4-13(5-8(9,10)11)7(14)6(2)12/h6H,3-5,12H2,1-2H3/t6-/m0/s1. The van der Waals surface area contributed by atoms with Crippen LogP contribution in [0.15, 0.2) is 0 Å². The molecule has 6 heteroatoms. The number of nitrogens with two attached hydrogens (primary N) is 1. The molecule has 0 unspecified atom stereocenters. The second-order valence-electron chi connectivity index (χ2n) is 3.16. The summed E-state index contributed by atoms with van der Waals surface area (Å²) in [5.74, 6) is -0.663. The zero-order valence-electron chi connectivity index (χ0n) is 8.27. The van der Waals surface area contributed by atoms with E-state index in [4.69, 9.17) is 5.73 Å². The maximum atomic E-state index is 12.0. The third kappa shape index (κ3) is 5.06. The van der Waals surface area contributed by atoms with Gasteiger partial charge in [-0.05, 0) is 13.3 Å².